The quantitative estimate of drug-likeness (QED) is 0.558. The van der Waals surface area contributed by atoms with E-state index in [4.69, 9.17) is 10.00 Å². The van der Waals surface area contributed by atoms with Crippen LogP contribution in [0.15, 0.2) is 59.1 Å². The van der Waals surface area contributed by atoms with Crippen LogP contribution >= 0.6 is 15.9 Å². The molecule has 0 aliphatic heterocycles. The predicted octanol–water partition coefficient (Wildman–Crippen LogP) is 4.99. The van der Waals surface area contributed by atoms with Crippen molar-refractivity contribution in [3.05, 3.63) is 81.6 Å². The molecular formula is C21H17BrN2O2. The summed E-state index contributed by atoms with van der Waals surface area (Å²) in [5.41, 5.74) is 4.10. The van der Waals surface area contributed by atoms with E-state index in [1.165, 1.54) is 0 Å². The highest BCUT2D eigenvalue weighted by Gasteiger charge is 2.17. The fourth-order valence-corrected chi connectivity index (χ4v) is 3.15. The largest absolute Gasteiger partial charge is 0.485 e. The Labute approximate surface area is 160 Å². The zero-order valence-corrected chi connectivity index (χ0v) is 16.1. The molecule has 1 aromatic heterocycles. The Balaban J connectivity index is 1.78. The molecule has 3 aromatic rings. The first kappa shape index (κ1) is 18.0. The highest BCUT2D eigenvalue weighted by Crippen LogP contribution is 2.23. The van der Waals surface area contributed by atoms with Gasteiger partial charge in [-0.3, -0.25) is 4.79 Å². The molecule has 0 radical (unpaired) electrons. The first-order valence-electron chi connectivity index (χ1n) is 8.10. The Bertz CT molecular complexity index is 981. The molecule has 2 aromatic carbocycles. The van der Waals surface area contributed by atoms with Gasteiger partial charge in [0.25, 0.3) is 0 Å². The van der Waals surface area contributed by atoms with Crippen molar-refractivity contribution in [1.29, 1.82) is 5.26 Å². The standard InChI is InChI=1S/C21H17BrN2O2/c1-14-11-20(15(2)24(14)18-7-5-17(22)6-8-18)21(25)13-26-19-9-3-16(12-23)4-10-19/h3-11H,13H2,1-2H3. The van der Waals surface area contributed by atoms with Crippen LogP contribution < -0.4 is 4.74 Å². The molecule has 3 rings (SSSR count). The topological polar surface area (TPSA) is 55.0 Å². The maximum atomic E-state index is 12.6. The Morgan fingerprint density at radius 2 is 1.77 bits per heavy atom. The van der Waals surface area contributed by atoms with Crippen LogP contribution in [0.5, 0.6) is 5.75 Å². The van der Waals surface area contributed by atoms with Gasteiger partial charge >= 0.3 is 0 Å². The molecule has 130 valence electrons. The Kier molecular flexibility index (Phi) is 5.24. The zero-order chi connectivity index (χ0) is 18.7. The number of benzene rings is 2. The second-order valence-electron chi connectivity index (χ2n) is 5.94. The van der Waals surface area contributed by atoms with Crippen molar-refractivity contribution < 1.29 is 9.53 Å². The number of Topliss-reactive ketones (excluding diaryl/α,β-unsaturated/α-hetero) is 1. The summed E-state index contributed by atoms with van der Waals surface area (Å²) in [6.45, 7) is 3.87. The van der Waals surface area contributed by atoms with Gasteiger partial charge in [-0.1, -0.05) is 15.9 Å². The summed E-state index contributed by atoms with van der Waals surface area (Å²) in [7, 11) is 0. The highest BCUT2D eigenvalue weighted by molar-refractivity contribution is 9.10. The van der Waals surface area contributed by atoms with Gasteiger partial charge in [0.05, 0.1) is 11.6 Å². The molecule has 26 heavy (non-hydrogen) atoms. The van der Waals surface area contributed by atoms with E-state index in [2.05, 4.69) is 26.6 Å². The number of aryl methyl sites for hydroxylation is 1. The highest BCUT2D eigenvalue weighted by atomic mass is 79.9. The monoisotopic (exact) mass is 408 g/mol. The minimum atomic E-state index is -0.0779. The van der Waals surface area contributed by atoms with Gasteiger partial charge in [0, 0.05) is 27.1 Å². The second-order valence-corrected chi connectivity index (χ2v) is 6.86. The summed E-state index contributed by atoms with van der Waals surface area (Å²) in [5.74, 6) is 0.491. The van der Waals surface area contributed by atoms with Crippen LogP contribution in [0.1, 0.15) is 27.3 Å². The van der Waals surface area contributed by atoms with Gasteiger partial charge in [-0.25, -0.2) is 0 Å². The lowest BCUT2D eigenvalue weighted by molar-refractivity contribution is 0.0921. The van der Waals surface area contributed by atoms with Crippen LogP contribution in [0.4, 0.5) is 0 Å². The van der Waals surface area contributed by atoms with E-state index < -0.39 is 0 Å². The van der Waals surface area contributed by atoms with E-state index in [1.807, 2.05) is 44.2 Å². The molecule has 4 nitrogen and oxygen atoms in total. The fourth-order valence-electron chi connectivity index (χ4n) is 2.88. The van der Waals surface area contributed by atoms with Crippen LogP contribution in [-0.2, 0) is 0 Å². The smallest absolute Gasteiger partial charge is 0.202 e. The number of halogens is 1. The van der Waals surface area contributed by atoms with E-state index in [0.29, 0.717) is 16.9 Å². The summed E-state index contributed by atoms with van der Waals surface area (Å²) in [4.78, 5) is 12.6. The van der Waals surface area contributed by atoms with E-state index in [1.54, 1.807) is 24.3 Å². The van der Waals surface area contributed by atoms with E-state index >= 15 is 0 Å². The molecule has 0 atom stereocenters. The molecule has 0 N–H and O–H groups in total. The molecule has 0 unspecified atom stereocenters. The Morgan fingerprint density at radius 1 is 1.12 bits per heavy atom. The summed E-state index contributed by atoms with van der Waals surface area (Å²) in [6, 6.07) is 18.6. The van der Waals surface area contributed by atoms with E-state index in [0.717, 1.165) is 21.5 Å². The number of ketones is 1. The second kappa shape index (κ2) is 7.59. The van der Waals surface area contributed by atoms with Crippen LogP contribution in [0.3, 0.4) is 0 Å². The van der Waals surface area contributed by atoms with Crippen molar-refractivity contribution in [2.45, 2.75) is 13.8 Å². The molecule has 0 spiro atoms. The molecule has 0 aliphatic carbocycles. The van der Waals surface area contributed by atoms with Gasteiger partial charge in [-0.15, -0.1) is 0 Å². The minimum Gasteiger partial charge on any atom is -0.485 e. The van der Waals surface area contributed by atoms with Crippen LogP contribution in [0.2, 0.25) is 0 Å². The number of ether oxygens (including phenoxy) is 1. The van der Waals surface area contributed by atoms with Crippen molar-refractivity contribution in [2.75, 3.05) is 6.61 Å². The molecule has 0 amide bonds. The van der Waals surface area contributed by atoms with Crippen molar-refractivity contribution >= 4 is 21.7 Å². The molecule has 0 saturated heterocycles. The van der Waals surface area contributed by atoms with Gasteiger partial charge in [-0.2, -0.15) is 5.26 Å². The van der Waals surface area contributed by atoms with Crippen LogP contribution in [-0.4, -0.2) is 17.0 Å². The number of nitriles is 1. The maximum absolute atomic E-state index is 12.6. The number of hydrogen-bond acceptors (Lipinski definition) is 3. The maximum Gasteiger partial charge on any atom is 0.202 e. The summed E-state index contributed by atoms with van der Waals surface area (Å²) in [5, 5.41) is 8.81. The fraction of sp³-hybridized carbons (Fsp3) is 0.143. The van der Waals surface area contributed by atoms with Crippen molar-refractivity contribution in [2.24, 2.45) is 0 Å². The zero-order valence-electron chi connectivity index (χ0n) is 14.5. The van der Waals surface area contributed by atoms with Gasteiger partial charge in [0.1, 0.15) is 5.75 Å². The third-order valence-corrected chi connectivity index (χ3v) is 4.70. The number of carbonyl (C=O) groups excluding carboxylic acids is 1. The third kappa shape index (κ3) is 3.71. The lowest BCUT2D eigenvalue weighted by atomic mass is 10.1. The lowest BCUT2D eigenvalue weighted by Crippen LogP contribution is -2.12. The lowest BCUT2D eigenvalue weighted by Gasteiger charge is -2.10. The first-order valence-corrected chi connectivity index (χ1v) is 8.90. The van der Waals surface area contributed by atoms with Crippen molar-refractivity contribution in [1.82, 2.24) is 4.57 Å². The molecular weight excluding hydrogens is 392 g/mol. The van der Waals surface area contributed by atoms with Crippen LogP contribution in [0, 0.1) is 25.2 Å². The van der Waals surface area contributed by atoms with Gasteiger partial charge in [0.15, 0.2) is 6.61 Å². The SMILES string of the molecule is Cc1cc(C(=O)COc2ccc(C#N)cc2)c(C)n1-c1ccc(Br)cc1. The van der Waals surface area contributed by atoms with Crippen LogP contribution in [0.25, 0.3) is 5.69 Å². The Hall–Kier alpha value is -2.84. The molecule has 5 heteroatoms. The molecule has 1 heterocycles. The summed E-state index contributed by atoms with van der Waals surface area (Å²) < 4.78 is 8.64. The third-order valence-electron chi connectivity index (χ3n) is 4.17. The average molecular weight is 409 g/mol. The minimum absolute atomic E-state index is 0.0451. The van der Waals surface area contributed by atoms with E-state index in [-0.39, 0.29) is 12.4 Å². The molecule has 0 bridgehead atoms. The average Bonchev–Trinajstić information content (AvgIpc) is 2.95. The number of aromatic nitrogens is 1. The normalized spacial score (nSPS) is 10.4. The summed E-state index contributed by atoms with van der Waals surface area (Å²) >= 11 is 3.44. The van der Waals surface area contributed by atoms with Gasteiger partial charge < -0.3 is 9.30 Å². The first-order chi connectivity index (χ1) is 12.5. The number of carbonyl (C=O) groups is 1. The van der Waals surface area contributed by atoms with Crippen molar-refractivity contribution in [3.8, 4) is 17.5 Å². The van der Waals surface area contributed by atoms with Gasteiger partial charge in [0.2, 0.25) is 5.78 Å². The van der Waals surface area contributed by atoms with Crippen molar-refractivity contribution in [3.63, 3.8) is 0 Å². The Morgan fingerprint density at radius 3 is 2.38 bits per heavy atom. The van der Waals surface area contributed by atoms with Gasteiger partial charge in [-0.05, 0) is 68.4 Å². The molecule has 0 saturated carbocycles. The van der Waals surface area contributed by atoms with E-state index in [9.17, 15) is 4.79 Å². The number of nitrogens with zero attached hydrogens (tertiary/aromatic N) is 2. The number of rotatable bonds is 5. The summed E-state index contributed by atoms with van der Waals surface area (Å²) in [6.07, 6.45) is 0. The number of hydrogen-bond donors (Lipinski definition) is 0. The molecule has 0 aliphatic rings. The predicted molar refractivity (Wildman–Crippen MR) is 104 cm³/mol. The molecule has 0 fully saturated rings.